The van der Waals surface area contributed by atoms with Crippen molar-refractivity contribution >= 4 is 45.6 Å². The van der Waals surface area contributed by atoms with Crippen LogP contribution >= 0.6 is 34.5 Å². The maximum absolute atomic E-state index is 11.9. The van der Waals surface area contributed by atoms with Gasteiger partial charge in [-0.05, 0) is 25.1 Å². The number of carbonyl (C=O) groups excluding carboxylic acids is 1. The first-order chi connectivity index (χ1) is 9.02. The Morgan fingerprint density at radius 3 is 2.89 bits per heavy atom. The third-order valence-corrected chi connectivity index (χ3v) is 3.72. The van der Waals surface area contributed by atoms with E-state index in [9.17, 15) is 4.79 Å². The van der Waals surface area contributed by atoms with Gasteiger partial charge in [-0.15, -0.1) is 0 Å². The van der Waals surface area contributed by atoms with E-state index in [1.807, 2.05) is 0 Å². The first-order valence-electron chi connectivity index (χ1n) is 5.41. The molecule has 100 valence electrons. The van der Waals surface area contributed by atoms with Crippen LogP contribution < -0.4 is 5.73 Å². The third kappa shape index (κ3) is 3.00. The van der Waals surface area contributed by atoms with Gasteiger partial charge in [0.2, 0.25) is 0 Å². The zero-order valence-electron chi connectivity index (χ0n) is 9.94. The Morgan fingerprint density at radius 2 is 2.21 bits per heavy atom. The molecule has 0 aliphatic carbocycles. The summed E-state index contributed by atoms with van der Waals surface area (Å²) in [7, 11) is 0. The molecule has 0 spiro atoms. The molecular formula is C12H10Cl2N2O2S. The summed E-state index contributed by atoms with van der Waals surface area (Å²) < 4.78 is 4.97. The minimum absolute atomic E-state index is 0.272. The van der Waals surface area contributed by atoms with Gasteiger partial charge in [0.1, 0.15) is 4.88 Å². The van der Waals surface area contributed by atoms with E-state index >= 15 is 0 Å². The van der Waals surface area contributed by atoms with Gasteiger partial charge < -0.3 is 10.5 Å². The van der Waals surface area contributed by atoms with Crippen molar-refractivity contribution in [1.82, 2.24) is 4.98 Å². The summed E-state index contributed by atoms with van der Waals surface area (Å²) >= 11 is 13.1. The summed E-state index contributed by atoms with van der Waals surface area (Å²) in [6, 6.07) is 4.94. The van der Waals surface area contributed by atoms with E-state index in [1.54, 1.807) is 25.1 Å². The lowest BCUT2D eigenvalue weighted by Gasteiger charge is -2.05. The molecule has 0 aliphatic rings. The van der Waals surface area contributed by atoms with E-state index in [0.29, 0.717) is 26.2 Å². The number of aromatic nitrogens is 1. The van der Waals surface area contributed by atoms with Gasteiger partial charge in [0, 0.05) is 10.6 Å². The number of anilines is 1. The fraction of sp³-hybridized carbons (Fsp3) is 0.167. The summed E-state index contributed by atoms with van der Waals surface area (Å²) in [5, 5.41) is 1.22. The van der Waals surface area contributed by atoms with Crippen molar-refractivity contribution in [3.8, 4) is 11.3 Å². The number of benzene rings is 1. The van der Waals surface area contributed by atoms with Gasteiger partial charge in [0.05, 0.1) is 17.3 Å². The molecule has 0 saturated heterocycles. The molecule has 2 N–H and O–H groups in total. The number of nitrogens with zero attached hydrogens (tertiary/aromatic N) is 1. The van der Waals surface area contributed by atoms with E-state index in [1.165, 1.54) is 0 Å². The molecule has 0 bridgehead atoms. The molecule has 2 rings (SSSR count). The number of esters is 1. The number of rotatable bonds is 3. The SMILES string of the molecule is CCOC(=O)c1sc(N)nc1-c1cc(Cl)ccc1Cl. The van der Waals surface area contributed by atoms with Gasteiger partial charge in [0.15, 0.2) is 5.13 Å². The standard InChI is InChI=1S/C12H10Cl2N2O2S/c1-2-18-11(17)10-9(16-12(15)19-10)7-5-6(13)3-4-8(7)14/h3-5H,2H2,1H3,(H2,15,16). The maximum atomic E-state index is 11.9. The molecule has 7 heteroatoms. The normalized spacial score (nSPS) is 10.5. The Kier molecular flexibility index (Phi) is 4.29. The second-order valence-corrected chi connectivity index (χ2v) is 5.45. The Morgan fingerprint density at radius 1 is 1.47 bits per heavy atom. The molecule has 0 unspecified atom stereocenters. The van der Waals surface area contributed by atoms with Crippen LogP contribution in [-0.2, 0) is 4.74 Å². The van der Waals surface area contributed by atoms with Crippen molar-refractivity contribution in [3.63, 3.8) is 0 Å². The van der Waals surface area contributed by atoms with Gasteiger partial charge in [-0.25, -0.2) is 9.78 Å². The molecular weight excluding hydrogens is 307 g/mol. The predicted molar refractivity (Wildman–Crippen MR) is 77.9 cm³/mol. The Hall–Kier alpha value is -1.30. The van der Waals surface area contributed by atoms with Gasteiger partial charge in [0.25, 0.3) is 0 Å². The van der Waals surface area contributed by atoms with Crippen LogP contribution in [0.3, 0.4) is 0 Å². The van der Waals surface area contributed by atoms with Crippen LogP contribution in [0.4, 0.5) is 5.13 Å². The number of hydrogen-bond acceptors (Lipinski definition) is 5. The van der Waals surface area contributed by atoms with Gasteiger partial charge in [-0.2, -0.15) is 0 Å². The first-order valence-corrected chi connectivity index (χ1v) is 6.99. The average Bonchev–Trinajstić information content (AvgIpc) is 2.75. The topological polar surface area (TPSA) is 65.2 Å². The highest BCUT2D eigenvalue weighted by Gasteiger charge is 2.21. The zero-order valence-corrected chi connectivity index (χ0v) is 12.3. The van der Waals surface area contributed by atoms with Gasteiger partial charge in [-0.3, -0.25) is 0 Å². The van der Waals surface area contributed by atoms with Crippen molar-refractivity contribution in [1.29, 1.82) is 0 Å². The molecule has 0 fully saturated rings. The lowest BCUT2D eigenvalue weighted by molar-refractivity contribution is 0.0532. The molecule has 19 heavy (non-hydrogen) atoms. The highest BCUT2D eigenvalue weighted by molar-refractivity contribution is 7.17. The number of halogens is 2. The Balaban J connectivity index is 2.56. The molecule has 0 radical (unpaired) electrons. The van der Waals surface area contributed by atoms with Crippen LogP contribution in [0.15, 0.2) is 18.2 Å². The fourth-order valence-electron chi connectivity index (χ4n) is 1.53. The second-order valence-electron chi connectivity index (χ2n) is 3.57. The first kappa shape index (κ1) is 14.1. The molecule has 1 aromatic carbocycles. The molecule has 0 amide bonds. The summed E-state index contributed by atoms with van der Waals surface area (Å²) in [5.41, 5.74) is 6.62. The molecule has 0 aliphatic heterocycles. The van der Waals surface area contributed by atoms with E-state index in [4.69, 9.17) is 33.7 Å². The number of carbonyl (C=O) groups is 1. The predicted octanol–water partition coefficient (Wildman–Crippen LogP) is 3.88. The fourth-order valence-corrected chi connectivity index (χ4v) is 2.65. The summed E-state index contributed by atoms with van der Waals surface area (Å²) in [5.74, 6) is -0.470. The molecule has 4 nitrogen and oxygen atoms in total. The van der Waals surface area contributed by atoms with Gasteiger partial charge in [-0.1, -0.05) is 34.5 Å². The number of nitrogens with two attached hydrogens (primary N) is 1. The smallest absolute Gasteiger partial charge is 0.350 e. The lowest BCUT2D eigenvalue weighted by atomic mass is 10.1. The van der Waals surface area contributed by atoms with Gasteiger partial charge >= 0.3 is 5.97 Å². The van der Waals surface area contributed by atoms with E-state index in [2.05, 4.69) is 4.98 Å². The summed E-state index contributed by atoms with van der Waals surface area (Å²) in [6.07, 6.45) is 0. The van der Waals surface area contributed by atoms with Crippen LogP contribution in [0.5, 0.6) is 0 Å². The van der Waals surface area contributed by atoms with Crippen molar-refractivity contribution in [2.75, 3.05) is 12.3 Å². The number of ether oxygens (including phenoxy) is 1. The zero-order chi connectivity index (χ0) is 14.0. The van der Waals surface area contributed by atoms with Crippen LogP contribution in [-0.4, -0.2) is 17.6 Å². The monoisotopic (exact) mass is 316 g/mol. The molecule has 1 aromatic heterocycles. The van der Waals surface area contributed by atoms with E-state index in [-0.39, 0.29) is 11.7 Å². The average molecular weight is 317 g/mol. The Labute approximate surface area is 124 Å². The minimum atomic E-state index is -0.470. The highest BCUT2D eigenvalue weighted by atomic mass is 35.5. The van der Waals surface area contributed by atoms with Crippen LogP contribution in [0.2, 0.25) is 10.0 Å². The quantitative estimate of drug-likeness (QED) is 0.873. The second kappa shape index (κ2) is 5.77. The highest BCUT2D eigenvalue weighted by Crippen LogP contribution is 2.36. The van der Waals surface area contributed by atoms with Crippen molar-refractivity contribution in [2.45, 2.75) is 6.92 Å². The van der Waals surface area contributed by atoms with E-state index < -0.39 is 5.97 Å². The summed E-state index contributed by atoms with van der Waals surface area (Å²) in [4.78, 5) is 16.3. The Bertz CT molecular complexity index is 628. The molecule has 0 saturated carbocycles. The van der Waals surface area contributed by atoms with Crippen LogP contribution in [0.25, 0.3) is 11.3 Å². The van der Waals surface area contributed by atoms with Crippen molar-refractivity contribution in [3.05, 3.63) is 33.1 Å². The van der Waals surface area contributed by atoms with Crippen LogP contribution in [0, 0.1) is 0 Å². The van der Waals surface area contributed by atoms with Crippen molar-refractivity contribution < 1.29 is 9.53 Å². The van der Waals surface area contributed by atoms with Crippen LogP contribution in [0.1, 0.15) is 16.6 Å². The lowest BCUT2D eigenvalue weighted by Crippen LogP contribution is -2.04. The summed E-state index contributed by atoms with van der Waals surface area (Å²) in [6.45, 7) is 2.01. The largest absolute Gasteiger partial charge is 0.462 e. The molecule has 2 aromatic rings. The third-order valence-electron chi connectivity index (χ3n) is 2.29. The minimum Gasteiger partial charge on any atom is -0.462 e. The number of hydrogen-bond donors (Lipinski definition) is 1. The van der Waals surface area contributed by atoms with Crippen molar-refractivity contribution in [2.24, 2.45) is 0 Å². The van der Waals surface area contributed by atoms with E-state index in [0.717, 1.165) is 11.3 Å². The number of nitrogen functional groups attached to an aromatic ring is 1. The molecule has 1 heterocycles. The molecule has 0 atom stereocenters. The maximum Gasteiger partial charge on any atom is 0.350 e. The number of thiazole rings is 1.